The van der Waals surface area contributed by atoms with E-state index in [2.05, 4.69) is 5.32 Å². The van der Waals surface area contributed by atoms with Gasteiger partial charge in [-0.15, -0.1) is 11.3 Å². The fraction of sp³-hybridized carbons (Fsp3) is 0.0909. The van der Waals surface area contributed by atoms with E-state index in [1.54, 1.807) is 12.1 Å². The number of carboxylic acid groups (broad SMARTS) is 1. The van der Waals surface area contributed by atoms with Gasteiger partial charge in [0.2, 0.25) is 0 Å². The van der Waals surface area contributed by atoms with E-state index in [4.69, 9.17) is 0 Å². The zero-order valence-electron chi connectivity index (χ0n) is 15.6. The zero-order chi connectivity index (χ0) is 21.6. The summed E-state index contributed by atoms with van der Waals surface area (Å²) in [5.74, 6) is -4.52. The number of fused-ring (bicyclic) bond motifs is 1. The summed E-state index contributed by atoms with van der Waals surface area (Å²) in [6.45, 7) is 1.40. The van der Waals surface area contributed by atoms with Crippen molar-refractivity contribution in [2.45, 2.75) is 13.3 Å². The molecule has 3 N–H and O–H groups in total. The molecule has 3 aromatic rings. The topological polar surface area (TPSA) is 86.6 Å². The van der Waals surface area contributed by atoms with Gasteiger partial charge in [-0.1, -0.05) is 30.4 Å². The molecule has 0 saturated carbocycles. The van der Waals surface area contributed by atoms with E-state index in [9.17, 15) is 28.6 Å². The van der Waals surface area contributed by atoms with Gasteiger partial charge in [0.05, 0.1) is 16.1 Å². The molecule has 0 spiro atoms. The minimum absolute atomic E-state index is 0.0167. The van der Waals surface area contributed by atoms with Crippen LogP contribution >= 0.6 is 11.3 Å². The van der Waals surface area contributed by atoms with Crippen LogP contribution in [0.15, 0.2) is 35.7 Å². The molecule has 0 fully saturated rings. The predicted octanol–water partition coefficient (Wildman–Crippen LogP) is 5.23. The molecule has 2 aromatic carbocycles. The summed E-state index contributed by atoms with van der Waals surface area (Å²) in [7, 11) is 0. The van der Waals surface area contributed by atoms with Crippen molar-refractivity contribution >= 4 is 35.0 Å². The average Bonchev–Trinajstić information content (AvgIpc) is 3.34. The minimum Gasteiger partial charge on any atom is -0.506 e. The molecule has 0 radical (unpaired) electrons. The van der Waals surface area contributed by atoms with Crippen molar-refractivity contribution in [1.82, 2.24) is 0 Å². The Bertz CT molecular complexity index is 1250. The highest BCUT2D eigenvalue weighted by molar-refractivity contribution is 7.14. The predicted molar refractivity (Wildman–Crippen MR) is 110 cm³/mol. The van der Waals surface area contributed by atoms with Gasteiger partial charge in [-0.25, -0.2) is 13.6 Å². The highest BCUT2D eigenvalue weighted by Gasteiger charge is 2.26. The molecule has 30 heavy (non-hydrogen) atoms. The van der Waals surface area contributed by atoms with Gasteiger partial charge in [0.25, 0.3) is 5.91 Å². The third-order valence-electron chi connectivity index (χ3n) is 4.95. The smallest absolute Gasteiger partial charge is 0.339 e. The number of rotatable bonds is 4. The lowest BCUT2D eigenvalue weighted by Gasteiger charge is -2.10. The minimum atomic E-state index is -1.40. The molecule has 1 aliphatic carbocycles. The number of carboxylic acids is 1. The number of halogens is 2. The Hall–Kier alpha value is -3.52. The number of carbonyl (C=O) groups is 2. The van der Waals surface area contributed by atoms with E-state index < -0.39 is 23.5 Å². The molecule has 0 bridgehead atoms. The van der Waals surface area contributed by atoms with E-state index in [1.807, 2.05) is 6.08 Å². The Morgan fingerprint density at radius 3 is 2.63 bits per heavy atom. The second-order valence-electron chi connectivity index (χ2n) is 6.81. The first kappa shape index (κ1) is 19.8. The van der Waals surface area contributed by atoms with Gasteiger partial charge in [-0.3, -0.25) is 4.79 Å². The van der Waals surface area contributed by atoms with Crippen LogP contribution in [0, 0.1) is 18.6 Å². The van der Waals surface area contributed by atoms with Gasteiger partial charge in [-0.2, -0.15) is 0 Å². The Kier molecular flexibility index (Phi) is 4.87. The van der Waals surface area contributed by atoms with Crippen LogP contribution in [0.1, 0.15) is 37.4 Å². The third kappa shape index (κ3) is 3.15. The van der Waals surface area contributed by atoms with Gasteiger partial charge in [0, 0.05) is 16.5 Å². The van der Waals surface area contributed by atoms with Crippen LogP contribution in [-0.2, 0) is 6.42 Å². The van der Waals surface area contributed by atoms with Crippen molar-refractivity contribution in [1.29, 1.82) is 0 Å². The summed E-state index contributed by atoms with van der Waals surface area (Å²) in [6, 6.07) is 5.83. The van der Waals surface area contributed by atoms with Crippen LogP contribution < -0.4 is 5.32 Å². The van der Waals surface area contributed by atoms with E-state index in [0.29, 0.717) is 12.0 Å². The van der Waals surface area contributed by atoms with E-state index in [0.717, 1.165) is 16.9 Å². The first-order valence-electron chi connectivity index (χ1n) is 8.92. The molecule has 1 aliphatic rings. The number of carbonyl (C=O) groups excluding carboxylic acids is 1. The fourth-order valence-electron chi connectivity index (χ4n) is 3.37. The number of anilines is 1. The quantitative estimate of drug-likeness (QED) is 0.532. The Labute approximate surface area is 173 Å². The van der Waals surface area contributed by atoms with Crippen LogP contribution in [0.25, 0.3) is 16.5 Å². The number of aryl methyl sites for hydroxylation is 1. The van der Waals surface area contributed by atoms with Gasteiger partial charge in [0.1, 0.15) is 11.3 Å². The normalized spacial score (nSPS) is 12.1. The number of nitrogens with one attached hydrogen (secondary N) is 1. The van der Waals surface area contributed by atoms with Gasteiger partial charge < -0.3 is 15.5 Å². The Morgan fingerprint density at radius 2 is 1.90 bits per heavy atom. The standard InChI is InChI=1S/C22H15F2NO4S/c1-10-5-7-13(18(24)17(10)23)20-16(22(28)29)15(9-30-20)25-21(27)14-8-6-11-3-2-4-12(11)19(14)26/h2,4-9,26H,3H2,1H3,(H,25,27)(H,28,29). The average molecular weight is 427 g/mol. The molecule has 1 aromatic heterocycles. The molecule has 152 valence electrons. The SMILES string of the molecule is Cc1ccc(-c2scc(NC(=O)c3ccc4c(c3O)C=CC4)c2C(=O)O)c(F)c1F. The van der Waals surface area contributed by atoms with Crippen molar-refractivity contribution in [2.24, 2.45) is 0 Å². The van der Waals surface area contributed by atoms with Gasteiger partial charge in [-0.05, 0) is 30.5 Å². The van der Waals surface area contributed by atoms with Crippen molar-refractivity contribution < 1.29 is 28.6 Å². The molecule has 0 saturated heterocycles. The molecular formula is C22H15F2NO4S. The Balaban J connectivity index is 1.73. The van der Waals surface area contributed by atoms with Crippen LogP contribution in [0.3, 0.4) is 0 Å². The maximum Gasteiger partial charge on any atom is 0.339 e. The third-order valence-corrected chi connectivity index (χ3v) is 5.96. The molecule has 0 atom stereocenters. The lowest BCUT2D eigenvalue weighted by Crippen LogP contribution is -2.14. The zero-order valence-corrected chi connectivity index (χ0v) is 16.4. The summed E-state index contributed by atoms with van der Waals surface area (Å²) in [6.07, 6.45) is 4.22. The first-order chi connectivity index (χ1) is 14.3. The molecule has 0 aliphatic heterocycles. The molecule has 4 rings (SSSR count). The van der Waals surface area contributed by atoms with E-state index >= 15 is 0 Å². The maximum atomic E-state index is 14.4. The number of benzene rings is 2. The van der Waals surface area contributed by atoms with Crippen molar-refractivity contribution in [3.05, 3.63) is 75.2 Å². The van der Waals surface area contributed by atoms with Crippen molar-refractivity contribution in [3.63, 3.8) is 0 Å². The number of hydrogen-bond acceptors (Lipinski definition) is 4. The van der Waals surface area contributed by atoms with Gasteiger partial charge >= 0.3 is 5.97 Å². The monoisotopic (exact) mass is 427 g/mol. The van der Waals surface area contributed by atoms with Crippen LogP contribution in [0.2, 0.25) is 0 Å². The summed E-state index contributed by atoms with van der Waals surface area (Å²) in [5, 5.41) is 23.9. The molecule has 0 unspecified atom stereocenters. The van der Waals surface area contributed by atoms with Crippen molar-refractivity contribution in [3.8, 4) is 16.2 Å². The summed E-state index contributed by atoms with van der Waals surface area (Å²) in [4.78, 5) is 24.5. The highest BCUT2D eigenvalue weighted by Crippen LogP contribution is 2.39. The largest absolute Gasteiger partial charge is 0.506 e. The Morgan fingerprint density at radius 1 is 1.13 bits per heavy atom. The summed E-state index contributed by atoms with van der Waals surface area (Å²) in [5.41, 5.74) is 0.886. The highest BCUT2D eigenvalue weighted by atomic mass is 32.1. The lowest BCUT2D eigenvalue weighted by molar-refractivity contribution is 0.0699. The number of phenols is 1. The number of thiophene rings is 1. The number of hydrogen-bond donors (Lipinski definition) is 3. The summed E-state index contributed by atoms with van der Waals surface area (Å²) < 4.78 is 28.4. The molecule has 1 amide bonds. The molecule has 8 heteroatoms. The van der Waals surface area contributed by atoms with E-state index in [-0.39, 0.29) is 38.6 Å². The number of phenolic OH excluding ortho intramolecular Hbond substituents is 1. The van der Waals surface area contributed by atoms with Crippen LogP contribution in [0.4, 0.5) is 14.5 Å². The lowest BCUT2D eigenvalue weighted by atomic mass is 10.0. The van der Waals surface area contributed by atoms with Gasteiger partial charge in [0.15, 0.2) is 11.6 Å². The molecule has 5 nitrogen and oxygen atoms in total. The summed E-state index contributed by atoms with van der Waals surface area (Å²) >= 11 is 0.872. The second kappa shape index (κ2) is 7.38. The van der Waals surface area contributed by atoms with Crippen molar-refractivity contribution in [2.75, 3.05) is 5.32 Å². The fourth-order valence-corrected chi connectivity index (χ4v) is 4.38. The van der Waals surface area contributed by atoms with Crippen LogP contribution in [0.5, 0.6) is 5.75 Å². The number of amides is 1. The van der Waals surface area contributed by atoms with Crippen LogP contribution in [-0.4, -0.2) is 22.1 Å². The van der Waals surface area contributed by atoms with E-state index in [1.165, 1.54) is 30.5 Å². The number of aromatic hydroxyl groups is 1. The molecular weight excluding hydrogens is 412 g/mol. The number of aromatic carboxylic acids is 1. The second-order valence-corrected chi connectivity index (χ2v) is 7.69. The number of allylic oxidation sites excluding steroid dienone is 1. The molecule has 1 heterocycles. The maximum absolute atomic E-state index is 14.4. The first-order valence-corrected chi connectivity index (χ1v) is 9.80.